The Labute approximate surface area is 111 Å². The van der Waals surface area contributed by atoms with Crippen molar-refractivity contribution in [1.29, 1.82) is 0 Å². The monoisotopic (exact) mass is 251 g/mol. The first-order valence-corrected chi connectivity index (χ1v) is 6.20. The van der Waals surface area contributed by atoms with Gasteiger partial charge in [0.1, 0.15) is 0 Å². The summed E-state index contributed by atoms with van der Waals surface area (Å²) in [6.45, 7) is 0. The highest BCUT2D eigenvalue weighted by atomic mass is 16.2. The van der Waals surface area contributed by atoms with Gasteiger partial charge in [-0.3, -0.25) is 9.78 Å². The molecule has 2 aromatic rings. The van der Waals surface area contributed by atoms with Gasteiger partial charge in [0.25, 0.3) is 5.91 Å². The molecule has 1 aromatic carbocycles. The van der Waals surface area contributed by atoms with Crippen LogP contribution in [0.2, 0.25) is 0 Å². The number of benzene rings is 1. The second-order valence-corrected chi connectivity index (χ2v) is 4.40. The summed E-state index contributed by atoms with van der Waals surface area (Å²) in [5, 5.41) is 4.23. The van der Waals surface area contributed by atoms with Gasteiger partial charge in [-0.15, -0.1) is 0 Å². The molecule has 4 heteroatoms. The van der Waals surface area contributed by atoms with Gasteiger partial charge in [-0.25, -0.2) is 5.43 Å². The van der Waals surface area contributed by atoms with Crippen LogP contribution >= 0.6 is 0 Å². The molecule has 0 saturated carbocycles. The van der Waals surface area contributed by atoms with E-state index in [2.05, 4.69) is 21.6 Å². The number of hydrazone groups is 1. The summed E-state index contributed by atoms with van der Waals surface area (Å²) in [7, 11) is 0. The van der Waals surface area contributed by atoms with Gasteiger partial charge in [0.2, 0.25) is 0 Å². The first kappa shape index (κ1) is 11.6. The summed E-state index contributed by atoms with van der Waals surface area (Å²) in [5.74, 6) is -0.231. The first-order chi connectivity index (χ1) is 9.34. The van der Waals surface area contributed by atoms with Crippen molar-refractivity contribution in [2.24, 2.45) is 5.10 Å². The fourth-order valence-electron chi connectivity index (χ4n) is 2.20. The highest BCUT2D eigenvalue weighted by molar-refractivity contribution is 6.05. The second kappa shape index (κ2) is 5.02. The van der Waals surface area contributed by atoms with E-state index < -0.39 is 0 Å². The third-order valence-electron chi connectivity index (χ3n) is 3.18. The van der Waals surface area contributed by atoms with Gasteiger partial charge in [-0.2, -0.15) is 5.10 Å². The smallest absolute Gasteiger partial charge is 0.267 e. The van der Waals surface area contributed by atoms with Crippen molar-refractivity contribution in [3.63, 3.8) is 0 Å². The predicted octanol–water partition coefficient (Wildman–Crippen LogP) is 2.16. The lowest BCUT2D eigenvalue weighted by Gasteiger charge is -2.02. The molecule has 0 saturated heterocycles. The number of aryl methyl sites for hydroxylation is 1. The van der Waals surface area contributed by atoms with Gasteiger partial charge in [0, 0.05) is 18.0 Å². The molecule has 1 N–H and O–H groups in total. The maximum atomic E-state index is 11.9. The number of nitrogens with zero attached hydrogens (tertiary/aromatic N) is 2. The van der Waals surface area contributed by atoms with Crippen LogP contribution in [0.5, 0.6) is 0 Å². The predicted molar refractivity (Wildman–Crippen MR) is 73.0 cm³/mol. The molecular weight excluding hydrogens is 238 g/mol. The van der Waals surface area contributed by atoms with Crippen LogP contribution in [-0.2, 0) is 6.42 Å². The van der Waals surface area contributed by atoms with Crippen LogP contribution in [0.25, 0.3) is 0 Å². The van der Waals surface area contributed by atoms with Crippen molar-refractivity contribution in [2.45, 2.75) is 12.8 Å². The first-order valence-electron chi connectivity index (χ1n) is 6.20. The van der Waals surface area contributed by atoms with Gasteiger partial charge in [0.05, 0.1) is 11.3 Å². The highest BCUT2D eigenvalue weighted by Crippen LogP contribution is 2.21. The zero-order valence-electron chi connectivity index (χ0n) is 10.3. The van der Waals surface area contributed by atoms with Crippen molar-refractivity contribution >= 4 is 11.6 Å². The maximum absolute atomic E-state index is 11.9. The molecule has 0 radical (unpaired) electrons. The van der Waals surface area contributed by atoms with Crippen molar-refractivity contribution in [2.75, 3.05) is 0 Å². The Morgan fingerprint density at radius 2 is 2.05 bits per heavy atom. The molecule has 3 rings (SSSR count). The molecule has 0 unspecified atom stereocenters. The number of pyridine rings is 1. The van der Waals surface area contributed by atoms with Crippen LogP contribution in [0.4, 0.5) is 0 Å². The fraction of sp³-hybridized carbons (Fsp3) is 0.133. The number of hydrogen-bond acceptors (Lipinski definition) is 3. The van der Waals surface area contributed by atoms with Crippen molar-refractivity contribution in [1.82, 2.24) is 10.4 Å². The summed E-state index contributed by atoms with van der Waals surface area (Å²) < 4.78 is 0. The van der Waals surface area contributed by atoms with Gasteiger partial charge in [-0.05, 0) is 30.5 Å². The maximum Gasteiger partial charge on any atom is 0.272 e. The average molecular weight is 251 g/mol. The summed E-state index contributed by atoms with van der Waals surface area (Å²) in [6.07, 6.45) is 5.01. The number of nitrogens with one attached hydrogen (secondary N) is 1. The minimum Gasteiger partial charge on any atom is -0.267 e. The Bertz CT molecular complexity index is 635. The lowest BCUT2D eigenvalue weighted by molar-refractivity contribution is 0.0954. The Morgan fingerprint density at radius 3 is 2.89 bits per heavy atom. The lowest BCUT2D eigenvalue weighted by Crippen LogP contribution is -2.19. The zero-order chi connectivity index (χ0) is 13.1. The number of carbonyl (C=O) groups is 1. The van der Waals surface area contributed by atoms with E-state index in [4.69, 9.17) is 0 Å². The third-order valence-corrected chi connectivity index (χ3v) is 3.18. The molecule has 1 aliphatic rings. The fourth-order valence-corrected chi connectivity index (χ4v) is 2.20. The molecule has 0 atom stereocenters. The molecule has 1 heterocycles. The number of fused-ring (bicyclic) bond motifs is 1. The second-order valence-electron chi connectivity index (χ2n) is 4.40. The van der Waals surface area contributed by atoms with Crippen molar-refractivity contribution in [3.8, 4) is 0 Å². The van der Waals surface area contributed by atoms with Gasteiger partial charge in [0.15, 0.2) is 0 Å². The number of carbonyl (C=O) groups excluding carboxylic acids is 1. The molecule has 0 aliphatic heterocycles. The van der Waals surface area contributed by atoms with E-state index >= 15 is 0 Å². The Balaban J connectivity index is 1.77. The van der Waals surface area contributed by atoms with E-state index in [1.165, 1.54) is 11.8 Å². The molecule has 94 valence electrons. The molecule has 0 spiro atoms. The van der Waals surface area contributed by atoms with Crippen LogP contribution in [0.3, 0.4) is 0 Å². The van der Waals surface area contributed by atoms with E-state index in [1.54, 1.807) is 18.3 Å². The third kappa shape index (κ3) is 2.38. The molecule has 1 amide bonds. The van der Waals surface area contributed by atoms with E-state index in [1.807, 2.05) is 18.2 Å². The Hall–Kier alpha value is -2.49. The molecule has 0 fully saturated rings. The average Bonchev–Trinajstić information content (AvgIpc) is 2.89. The molecule has 1 aliphatic carbocycles. The number of amides is 1. The van der Waals surface area contributed by atoms with Crippen LogP contribution < -0.4 is 5.43 Å². The quantitative estimate of drug-likeness (QED) is 0.831. The molecule has 19 heavy (non-hydrogen) atoms. The van der Waals surface area contributed by atoms with E-state index in [-0.39, 0.29) is 5.91 Å². The van der Waals surface area contributed by atoms with Crippen LogP contribution in [0.15, 0.2) is 53.9 Å². The topological polar surface area (TPSA) is 54.4 Å². The Morgan fingerprint density at radius 1 is 1.16 bits per heavy atom. The number of aromatic nitrogens is 1. The minimum atomic E-state index is -0.231. The zero-order valence-corrected chi connectivity index (χ0v) is 10.3. The van der Waals surface area contributed by atoms with Crippen LogP contribution in [0, 0.1) is 0 Å². The summed E-state index contributed by atoms with van der Waals surface area (Å²) >= 11 is 0. The largest absolute Gasteiger partial charge is 0.272 e. The van der Waals surface area contributed by atoms with Gasteiger partial charge < -0.3 is 0 Å². The van der Waals surface area contributed by atoms with E-state index in [0.717, 1.165) is 24.1 Å². The molecule has 1 aromatic heterocycles. The number of rotatable bonds is 2. The van der Waals surface area contributed by atoms with E-state index in [9.17, 15) is 4.79 Å². The summed E-state index contributed by atoms with van der Waals surface area (Å²) in [5.41, 5.74) is 6.46. The normalized spacial score (nSPS) is 15.3. The highest BCUT2D eigenvalue weighted by Gasteiger charge is 2.17. The minimum absolute atomic E-state index is 0.231. The van der Waals surface area contributed by atoms with Crippen molar-refractivity contribution in [3.05, 3.63) is 65.5 Å². The molecule has 0 bridgehead atoms. The number of hydrogen-bond donors (Lipinski definition) is 1. The standard InChI is InChI=1S/C15H13N3O/c19-15(12-5-3-9-16-10-12)18-17-14-8-7-11-4-1-2-6-13(11)14/h1-6,9-10H,7-8H2,(H,18,19). The summed E-state index contributed by atoms with van der Waals surface area (Å²) in [6, 6.07) is 11.6. The Kier molecular flexibility index (Phi) is 3.06. The molecular formula is C15H13N3O. The van der Waals surface area contributed by atoms with E-state index in [0.29, 0.717) is 5.56 Å². The molecule has 4 nitrogen and oxygen atoms in total. The summed E-state index contributed by atoms with van der Waals surface area (Å²) in [4.78, 5) is 15.8. The SMILES string of the molecule is O=C(NN=C1CCc2ccccc21)c1cccnc1. The van der Waals surface area contributed by atoms with Crippen molar-refractivity contribution < 1.29 is 4.79 Å². The van der Waals surface area contributed by atoms with Crippen LogP contribution in [0.1, 0.15) is 27.9 Å². The lowest BCUT2D eigenvalue weighted by atomic mass is 10.1. The van der Waals surface area contributed by atoms with Crippen LogP contribution in [-0.4, -0.2) is 16.6 Å². The van der Waals surface area contributed by atoms with Gasteiger partial charge in [-0.1, -0.05) is 24.3 Å². The van der Waals surface area contributed by atoms with Gasteiger partial charge >= 0.3 is 0 Å².